The Morgan fingerprint density at radius 1 is 1.80 bits per heavy atom. The normalized spacial score (nSPS) is 13.0. The Kier molecular flexibility index (Phi) is 6.00. The largest absolute Gasteiger partial charge is 0.381 e. The van der Waals surface area contributed by atoms with Gasteiger partial charge in [-0.25, -0.2) is 0 Å². The van der Waals surface area contributed by atoms with Crippen molar-refractivity contribution in [3.05, 3.63) is 0 Å². The predicted molar refractivity (Wildman–Crippen MR) is 48.1 cm³/mol. The second-order valence-electron chi connectivity index (χ2n) is 2.02. The number of carbonyl (C=O) groups excluding carboxylic acids is 1. The summed E-state index contributed by atoms with van der Waals surface area (Å²) in [6, 6.07) is 0. The van der Waals surface area contributed by atoms with Crippen molar-refractivity contribution in [2.45, 2.75) is 18.9 Å². The second-order valence-corrected chi connectivity index (χ2v) is 2.90. The molecule has 0 bridgehead atoms. The monoisotopic (exact) mass is 257 g/mol. The van der Waals surface area contributed by atoms with E-state index in [2.05, 4.69) is 22.6 Å². The number of halogens is 1. The first-order chi connectivity index (χ1) is 4.70. The lowest BCUT2D eigenvalue weighted by Gasteiger charge is -2.09. The zero-order valence-electron chi connectivity index (χ0n) is 5.97. The molecule has 1 atom stereocenters. The van der Waals surface area contributed by atoms with Gasteiger partial charge in [-0.3, -0.25) is 4.79 Å². The smallest absolute Gasteiger partial charge is 0.217 e. The van der Waals surface area contributed by atoms with E-state index in [1.807, 2.05) is 0 Å². The molecule has 10 heavy (non-hydrogen) atoms. The number of amides is 1. The van der Waals surface area contributed by atoms with E-state index in [1.54, 1.807) is 7.11 Å². The van der Waals surface area contributed by atoms with Gasteiger partial charge in [-0.2, -0.15) is 0 Å². The molecule has 0 rings (SSSR count). The van der Waals surface area contributed by atoms with Crippen molar-refractivity contribution in [1.82, 2.24) is 0 Å². The van der Waals surface area contributed by atoms with Gasteiger partial charge < -0.3 is 10.5 Å². The summed E-state index contributed by atoms with van der Waals surface area (Å²) in [5, 5.41) is 0. The number of carbonyl (C=O) groups is 1. The van der Waals surface area contributed by atoms with Gasteiger partial charge in [0.25, 0.3) is 0 Å². The molecule has 0 aliphatic carbocycles. The molecule has 0 aromatic rings. The van der Waals surface area contributed by atoms with E-state index in [1.165, 1.54) is 0 Å². The van der Waals surface area contributed by atoms with Gasteiger partial charge in [0.1, 0.15) is 0 Å². The predicted octanol–water partition coefficient (Wildman–Crippen LogP) is 0.702. The van der Waals surface area contributed by atoms with Crippen LogP contribution in [0.15, 0.2) is 0 Å². The number of alkyl halides is 1. The lowest BCUT2D eigenvalue weighted by atomic mass is 10.2. The summed E-state index contributed by atoms with van der Waals surface area (Å²) in [6.45, 7) is 0. The molecule has 0 heterocycles. The first kappa shape index (κ1) is 10.2. The van der Waals surface area contributed by atoms with Gasteiger partial charge in [-0.05, 0) is 6.42 Å². The van der Waals surface area contributed by atoms with Gasteiger partial charge in [-0.1, -0.05) is 22.6 Å². The molecule has 60 valence electrons. The van der Waals surface area contributed by atoms with Crippen LogP contribution < -0.4 is 5.73 Å². The Hall–Kier alpha value is 0.160. The quantitative estimate of drug-likeness (QED) is 0.582. The highest BCUT2D eigenvalue weighted by molar-refractivity contribution is 14.1. The number of primary amides is 1. The molecule has 0 aliphatic rings. The van der Waals surface area contributed by atoms with Crippen molar-refractivity contribution in [2.24, 2.45) is 5.73 Å². The number of nitrogens with two attached hydrogens (primary N) is 1. The number of hydrogen-bond acceptors (Lipinski definition) is 2. The zero-order chi connectivity index (χ0) is 7.98. The van der Waals surface area contributed by atoms with Crippen LogP contribution in [0.2, 0.25) is 0 Å². The maximum Gasteiger partial charge on any atom is 0.217 e. The number of rotatable bonds is 5. The highest BCUT2D eigenvalue weighted by Gasteiger charge is 2.05. The molecule has 0 radical (unpaired) electrons. The first-order valence-electron chi connectivity index (χ1n) is 3.07. The zero-order valence-corrected chi connectivity index (χ0v) is 8.13. The van der Waals surface area contributed by atoms with Crippen LogP contribution in [0.5, 0.6) is 0 Å². The van der Waals surface area contributed by atoms with E-state index >= 15 is 0 Å². The lowest BCUT2D eigenvalue weighted by Crippen LogP contribution is -2.17. The van der Waals surface area contributed by atoms with Crippen molar-refractivity contribution >= 4 is 28.5 Å². The maximum absolute atomic E-state index is 10.3. The van der Waals surface area contributed by atoms with Crippen LogP contribution in [0.25, 0.3) is 0 Å². The van der Waals surface area contributed by atoms with E-state index in [9.17, 15) is 4.79 Å². The lowest BCUT2D eigenvalue weighted by molar-refractivity contribution is -0.118. The minimum Gasteiger partial charge on any atom is -0.381 e. The van der Waals surface area contributed by atoms with E-state index in [0.29, 0.717) is 6.42 Å². The van der Waals surface area contributed by atoms with Gasteiger partial charge in [0.15, 0.2) is 0 Å². The molecule has 0 saturated carbocycles. The van der Waals surface area contributed by atoms with E-state index in [-0.39, 0.29) is 12.0 Å². The maximum atomic E-state index is 10.3. The average molecular weight is 257 g/mol. The Balaban J connectivity index is 3.34. The SMILES string of the molecule is COC(CI)CCC(N)=O. The van der Waals surface area contributed by atoms with Crippen molar-refractivity contribution in [3.8, 4) is 0 Å². The summed E-state index contributed by atoms with van der Waals surface area (Å²) in [5.41, 5.74) is 4.95. The summed E-state index contributed by atoms with van der Waals surface area (Å²) in [4.78, 5) is 10.3. The highest BCUT2D eigenvalue weighted by Crippen LogP contribution is 2.03. The Morgan fingerprint density at radius 3 is 2.70 bits per heavy atom. The van der Waals surface area contributed by atoms with Crippen LogP contribution >= 0.6 is 22.6 Å². The third kappa shape index (κ3) is 4.99. The molecule has 0 saturated heterocycles. The number of ether oxygens (including phenoxy) is 1. The number of methoxy groups -OCH3 is 1. The molecule has 0 aromatic carbocycles. The van der Waals surface area contributed by atoms with Gasteiger partial charge >= 0.3 is 0 Å². The van der Waals surface area contributed by atoms with Gasteiger partial charge in [-0.15, -0.1) is 0 Å². The van der Waals surface area contributed by atoms with Crippen molar-refractivity contribution < 1.29 is 9.53 Å². The molecule has 2 N–H and O–H groups in total. The third-order valence-electron chi connectivity index (χ3n) is 1.22. The topological polar surface area (TPSA) is 52.3 Å². The van der Waals surface area contributed by atoms with Crippen molar-refractivity contribution in [1.29, 1.82) is 0 Å². The third-order valence-corrected chi connectivity index (χ3v) is 2.20. The number of hydrogen-bond donors (Lipinski definition) is 1. The molecule has 1 unspecified atom stereocenters. The molecule has 0 aliphatic heterocycles. The van der Waals surface area contributed by atoms with E-state index in [4.69, 9.17) is 10.5 Å². The van der Waals surface area contributed by atoms with Crippen LogP contribution in [0.4, 0.5) is 0 Å². The molecule has 0 aromatic heterocycles. The summed E-state index contributed by atoms with van der Waals surface area (Å²) in [6.07, 6.45) is 1.32. The van der Waals surface area contributed by atoms with Gasteiger partial charge in [0, 0.05) is 18.0 Å². The second kappa shape index (κ2) is 5.91. The van der Waals surface area contributed by atoms with Crippen LogP contribution in [0.3, 0.4) is 0 Å². The fourth-order valence-corrected chi connectivity index (χ4v) is 1.36. The Morgan fingerprint density at radius 2 is 2.40 bits per heavy atom. The minimum atomic E-state index is -0.257. The molecule has 4 heteroatoms. The Labute approximate surface area is 74.4 Å². The van der Waals surface area contributed by atoms with Crippen molar-refractivity contribution in [2.75, 3.05) is 11.5 Å². The molecule has 0 spiro atoms. The molecular formula is C6H12INO2. The van der Waals surface area contributed by atoms with Crippen LogP contribution in [0.1, 0.15) is 12.8 Å². The molecule has 0 fully saturated rings. The molecule has 3 nitrogen and oxygen atoms in total. The summed E-state index contributed by atoms with van der Waals surface area (Å²) < 4.78 is 5.94. The highest BCUT2D eigenvalue weighted by atomic mass is 127. The van der Waals surface area contributed by atoms with Crippen molar-refractivity contribution in [3.63, 3.8) is 0 Å². The van der Waals surface area contributed by atoms with E-state index in [0.717, 1.165) is 10.8 Å². The first-order valence-corrected chi connectivity index (χ1v) is 4.60. The molecular weight excluding hydrogens is 245 g/mol. The fraction of sp³-hybridized carbons (Fsp3) is 0.833. The Bertz CT molecular complexity index is 104. The average Bonchev–Trinajstić information content (AvgIpc) is 1.90. The minimum absolute atomic E-state index is 0.174. The van der Waals surface area contributed by atoms with Crippen LogP contribution in [-0.2, 0) is 9.53 Å². The standard InChI is InChI=1S/C6H12INO2/c1-10-5(4-7)2-3-6(8)9/h5H,2-4H2,1H3,(H2,8,9). The van der Waals surface area contributed by atoms with E-state index < -0.39 is 0 Å². The molecule has 1 amide bonds. The van der Waals surface area contributed by atoms with Crippen LogP contribution in [-0.4, -0.2) is 23.5 Å². The van der Waals surface area contributed by atoms with Crippen LogP contribution in [0, 0.1) is 0 Å². The summed E-state index contributed by atoms with van der Waals surface area (Å²) >= 11 is 2.22. The fourth-order valence-electron chi connectivity index (χ4n) is 0.561. The van der Waals surface area contributed by atoms with Gasteiger partial charge in [0.05, 0.1) is 6.10 Å². The summed E-state index contributed by atoms with van der Waals surface area (Å²) in [5.74, 6) is -0.257. The van der Waals surface area contributed by atoms with Gasteiger partial charge in [0.2, 0.25) is 5.91 Å². The summed E-state index contributed by atoms with van der Waals surface area (Å²) in [7, 11) is 1.64.